The summed E-state index contributed by atoms with van der Waals surface area (Å²) < 4.78 is 1.70. The Morgan fingerprint density at radius 1 is 1.63 bits per heavy atom. The number of urea groups is 1. The lowest BCUT2D eigenvalue weighted by Gasteiger charge is -2.22. The molecular weight excluding hydrogens is 244 g/mol. The number of carbonyl (C=O) groups excluding carboxylic acids is 1. The number of hydrogen-bond donors (Lipinski definition) is 3. The van der Waals surface area contributed by atoms with Crippen molar-refractivity contribution < 1.29 is 9.90 Å². The van der Waals surface area contributed by atoms with Gasteiger partial charge in [0.05, 0.1) is 5.69 Å². The maximum atomic E-state index is 11.8. The first-order valence-electron chi connectivity index (χ1n) is 6.82. The third-order valence-corrected chi connectivity index (χ3v) is 3.60. The molecule has 0 radical (unpaired) electrons. The maximum absolute atomic E-state index is 11.8. The summed E-state index contributed by atoms with van der Waals surface area (Å²) in [5, 5.41) is 18.8. The van der Waals surface area contributed by atoms with Crippen LogP contribution in [-0.4, -0.2) is 33.6 Å². The lowest BCUT2D eigenvalue weighted by atomic mass is 9.83. The molecule has 1 aliphatic rings. The lowest BCUT2D eigenvalue weighted by molar-refractivity contribution is 0.241. The van der Waals surface area contributed by atoms with Crippen LogP contribution in [0.1, 0.15) is 44.2 Å². The van der Waals surface area contributed by atoms with Crippen LogP contribution in [0.3, 0.4) is 0 Å². The summed E-state index contributed by atoms with van der Waals surface area (Å²) >= 11 is 0. The largest absolute Gasteiger partial charge is 0.396 e. The molecular formula is C13H22N4O2. The minimum Gasteiger partial charge on any atom is -0.396 e. The van der Waals surface area contributed by atoms with Crippen molar-refractivity contribution in [3.8, 4) is 0 Å². The van der Waals surface area contributed by atoms with Gasteiger partial charge in [0.2, 0.25) is 0 Å². The number of aryl methyl sites for hydroxylation is 1. The first-order valence-corrected chi connectivity index (χ1v) is 6.82. The smallest absolute Gasteiger partial charge is 0.320 e. The number of nitrogens with one attached hydrogen (secondary N) is 2. The predicted molar refractivity (Wildman–Crippen MR) is 73.1 cm³/mol. The predicted octanol–water partition coefficient (Wildman–Crippen LogP) is 1.58. The van der Waals surface area contributed by atoms with Crippen LogP contribution in [0, 0.1) is 0 Å². The fraction of sp³-hybridized carbons (Fsp3) is 0.692. The van der Waals surface area contributed by atoms with E-state index in [-0.39, 0.29) is 18.7 Å². The van der Waals surface area contributed by atoms with Crippen molar-refractivity contribution in [1.82, 2.24) is 15.1 Å². The van der Waals surface area contributed by atoms with Crippen LogP contribution >= 0.6 is 0 Å². The van der Waals surface area contributed by atoms with E-state index >= 15 is 0 Å². The first kappa shape index (κ1) is 13.9. The van der Waals surface area contributed by atoms with Crippen molar-refractivity contribution in [3.63, 3.8) is 0 Å². The van der Waals surface area contributed by atoms with E-state index in [0.717, 1.165) is 5.69 Å². The SMILES string of the molecule is C[C@H](CCO)NC(=O)Nc1cc(C2CCC2)nn1C. The van der Waals surface area contributed by atoms with Gasteiger partial charge in [-0.05, 0) is 26.2 Å². The highest BCUT2D eigenvalue weighted by molar-refractivity contribution is 5.88. The molecule has 1 atom stereocenters. The molecule has 1 fully saturated rings. The highest BCUT2D eigenvalue weighted by Gasteiger charge is 2.23. The number of rotatable bonds is 5. The van der Waals surface area contributed by atoms with Crippen LogP contribution in [-0.2, 0) is 7.05 Å². The third kappa shape index (κ3) is 3.47. The summed E-state index contributed by atoms with van der Waals surface area (Å²) in [6.45, 7) is 1.93. The number of aliphatic hydroxyl groups is 1. The van der Waals surface area contributed by atoms with Gasteiger partial charge in [0.25, 0.3) is 0 Å². The Balaban J connectivity index is 1.91. The fourth-order valence-electron chi connectivity index (χ4n) is 2.15. The van der Waals surface area contributed by atoms with Crippen LogP contribution in [0.4, 0.5) is 10.6 Å². The minimum absolute atomic E-state index is 0.0515. The van der Waals surface area contributed by atoms with Crippen molar-refractivity contribution in [2.24, 2.45) is 7.05 Å². The fourth-order valence-corrected chi connectivity index (χ4v) is 2.15. The van der Waals surface area contributed by atoms with E-state index in [1.807, 2.05) is 20.0 Å². The number of anilines is 1. The van der Waals surface area contributed by atoms with Gasteiger partial charge in [-0.3, -0.25) is 10.00 Å². The van der Waals surface area contributed by atoms with E-state index in [4.69, 9.17) is 5.11 Å². The summed E-state index contributed by atoms with van der Waals surface area (Å²) in [4.78, 5) is 11.8. The third-order valence-electron chi connectivity index (χ3n) is 3.60. The number of aromatic nitrogens is 2. The van der Waals surface area contributed by atoms with E-state index in [1.54, 1.807) is 4.68 Å². The molecule has 2 rings (SSSR count). The lowest BCUT2D eigenvalue weighted by Crippen LogP contribution is -2.37. The zero-order valence-electron chi connectivity index (χ0n) is 11.5. The zero-order chi connectivity index (χ0) is 13.8. The van der Waals surface area contributed by atoms with Gasteiger partial charge in [0, 0.05) is 31.7 Å². The van der Waals surface area contributed by atoms with Crippen molar-refractivity contribution in [2.75, 3.05) is 11.9 Å². The Labute approximate surface area is 113 Å². The average Bonchev–Trinajstić information content (AvgIpc) is 2.57. The molecule has 6 heteroatoms. The molecule has 1 aromatic heterocycles. The Morgan fingerprint density at radius 3 is 2.95 bits per heavy atom. The van der Waals surface area contributed by atoms with Gasteiger partial charge in [0.15, 0.2) is 0 Å². The van der Waals surface area contributed by atoms with Gasteiger partial charge < -0.3 is 10.4 Å². The molecule has 0 aliphatic heterocycles. The average molecular weight is 266 g/mol. The normalized spacial score (nSPS) is 16.8. The molecule has 0 saturated heterocycles. The quantitative estimate of drug-likeness (QED) is 0.757. The van der Waals surface area contributed by atoms with Crippen LogP contribution in [0.15, 0.2) is 6.07 Å². The van der Waals surface area contributed by atoms with Gasteiger partial charge in [-0.1, -0.05) is 6.42 Å². The topological polar surface area (TPSA) is 79.2 Å². The summed E-state index contributed by atoms with van der Waals surface area (Å²) in [6, 6.07) is 1.63. The molecule has 0 spiro atoms. The monoisotopic (exact) mass is 266 g/mol. The molecule has 0 aromatic carbocycles. The van der Waals surface area contributed by atoms with E-state index in [9.17, 15) is 4.79 Å². The minimum atomic E-state index is -0.260. The Kier molecular flexibility index (Phi) is 4.42. The number of aliphatic hydroxyl groups excluding tert-OH is 1. The molecule has 106 valence electrons. The highest BCUT2D eigenvalue weighted by atomic mass is 16.3. The van der Waals surface area contributed by atoms with Crippen molar-refractivity contribution >= 4 is 11.8 Å². The first-order chi connectivity index (χ1) is 9.10. The molecule has 1 aliphatic carbocycles. The second kappa shape index (κ2) is 6.06. The second-order valence-electron chi connectivity index (χ2n) is 5.22. The molecule has 0 bridgehead atoms. The molecule has 6 nitrogen and oxygen atoms in total. The van der Waals surface area contributed by atoms with Crippen molar-refractivity contribution in [2.45, 2.75) is 44.6 Å². The number of amides is 2. The molecule has 3 N–H and O–H groups in total. The number of hydrogen-bond acceptors (Lipinski definition) is 3. The second-order valence-corrected chi connectivity index (χ2v) is 5.22. The van der Waals surface area contributed by atoms with Crippen LogP contribution in [0.5, 0.6) is 0 Å². The molecule has 0 unspecified atom stereocenters. The highest BCUT2D eigenvalue weighted by Crippen LogP contribution is 2.36. The van der Waals surface area contributed by atoms with Gasteiger partial charge in [-0.25, -0.2) is 4.79 Å². The van der Waals surface area contributed by atoms with E-state index in [2.05, 4.69) is 15.7 Å². The van der Waals surface area contributed by atoms with E-state index in [0.29, 0.717) is 18.2 Å². The Morgan fingerprint density at radius 2 is 2.37 bits per heavy atom. The van der Waals surface area contributed by atoms with E-state index in [1.165, 1.54) is 19.3 Å². The Bertz CT molecular complexity index is 440. The summed E-state index contributed by atoms with van der Waals surface area (Å²) in [7, 11) is 1.83. The Hall–Kier alpha value is -1.56. The summed E-state index contributed by atoms with van der Waals surface area (Å²) in [5.74, 6) is 1.26. The van der Waals surface area contributed by atoms with Gasteiger partial charge in [0.1, 0.15) is 5.82 Å². The molecule has 19 heavy (non-hydrogen) atoms. The van der Waals surface area contributed by atoms with Crippen LogP contribution in [0.2, 0.25) is 0 Å². The summed E-state index contributed by atoms with van der Waals surface area (Å²) in [6.07, 6.45) is 4.20. The standard InChI is InChI=1S/C13H22N4O2/c1-9(6-7-18)14-13(19)15-12-8-11(16-17(12)2)10-4-3-5-10/h8-10,18H,3-7H2,1-2H3,(H2,14,15,19)/t9-/m1/s1. The molecule has 1 heterocycles. The van der Waals surface area contributed by atoms with Gasteiger partial charge in [-0.15, -0.1) is 0 Å². The summed E-state index contributed by atoms with van der Waals surface area (Å²) in [5.41, 5.74) is 1.06. The maximum Gasteiger partial charge on any atom is 0.320 e. The molecule has 1 aromatic rings. The molecule has 1 saturated carbocycles. The van der Waals surface area contributed by atoms with Crippen LogP contribution in [0.25, 0.3) is 0 Å². The van der Waals surface area contributed by atoms with Crippen molar-refractivity contribution in [1.29, 1.82) is 0 Å². The van der Waals surface area contributed by atoms with Gasteiger partial charge >= 0.3 is 6.03 Å². The van der Waals surface area contributed by atoms with Crippen molar-refractivity contribution in [3.05, 3.63) is 11.8 Å². The zero-order valence-corrected chi connectivity index (χ0v) is 11.5. The van der Waals surface area contributed by atoms with Crippen LogP contribution < -0.4 is 10.6 Å². The van der Waals surface area contributed by atoms with Gasteiger partial charge in [-0.2, -0.15) is 5.10 Å². The molecule has 2 amide bonds. The number of nitrogens with zero attached hydrogens (tertiary/aromatic N) is 2. The number of carbonyl (C=O) groups is 1. The van der Waals surface area contributed by atoms with E-state index < -0.39 is 0 Å².